The van der Waals surface area contributed by atoms with Gasteiger partial charge >= 0.3 is 6.18 Å². The van der Waals surface area contributed by atoms with E-state index in [4.69, 9.17) is 0 Å². The molecule has 2 aromatic carbocycles. The Hall–Kier alpha value is -3.53. The van der Waals surface area contributed by atoms with Gasteiger partial charge in [0.15, 0.2) is 0 Å². The van der Waals surface area contributed by atoms with E-state index in [1.54, 1.807) is 24.3 Å². The topological polar surface area (TPSA) is 93.1 Å². The maximum atomic E-state index is 13.1. The first kappa shape index (κ1) is 23.1. The molecule has 0 fully saturated rings. The van der Waals surface area contributed by atoms with E-state index in [0.29, 0.717) is 29.9 Å². The van der Waals surface area contributed by atoms with Gasteiger partial charge in [-0.3, -0.25) is 9.59 Å². The van der Waals surface area contributed by atoms with Gasteiger partial charge in [-0.05, 0) is 31.8 Å². The van der Waals surface area contributed by atoms with Crippen LogP contribution in [0.25, 0.3) is 0 Å². The van der Waals surface area contributed by atoms with Gasteiger partial charge in [0.05, 0.1) is 11.1 Å². The third kappa shape index (κ3) is 5.02. The molecule has 1 heterocycles. The molecule has 7 nitrogen and oxygen atoms in total. The summed E-state index contributed by atoms with van der Waals surface area (Å²) in [5.74, 6) is -3.09. The normalized spacial score (nSPS) is 13.6. The van der Waals surface area contributed by atoms with Gasteiger partial charge in [0.2, 0.25) is 5.91 Å². The van der Waals surface area contributed by atoms with Crippen LogP contribution in [0.4, 0.5) is 18.9 Å². The fourth-order valence-electron chi connectivity index (χ4n) is 3.37. The fourth-order valence-corrected chi connectivity index (χ4v) is 3.37. The molecule has 10 heteroatoms. The first-order chi connectivity index (χ1) is 15.0. The van der Waals surface area contributed by atoms with Crippen LogP contribution in [-0.4, -0.2) is 52.5 Å². The number of carbonyl (C=O) groups excluding carboxylic acids is 2. The highest BCUT2D eigenvalue weighted by Gasteiger charge is 2.37. The average molecular weight is 449 g/mol. The number of alkyl halides is 3. The number of anilines is 1. The number of phenols is 2. The zero-order valence-electron chi connectivity index (χ0n) is 17.4. The molecule has 170 valence electrons. The number of hydrogen-bond acceptors (Lipinski definition) is 5. The molecule has 0 unspecified atom stereocenters. The summed E-state index contributed by atoms with van der Waals surface area (Å²) in [5.41, 5.74) is -0.108. The van der Waals surface area contributed by atoms with Crippen molar-refractivity contribution in [2.24, 2.45) is 0 Å². The van der Waals surface area contributed by atoms with Crippen LogP contribution < -0.4 is 5.32 Å². The lowest BCUT2D eigenvalue weighted by molar-refractivity contribution is -0.138. The predicted molar refractivity (Wildman–Crippen MR) is 111 cm³/mol. The van der Waals surface area contributed by atoms with E-state index < -0.39 is 34.7 Å². The Balaban J connectivity index is 1.81. The second kappa shape index (κ2) is 8.91. The fraction of sp³-hybridized carbons (Fsp3) is 0.273. The highest BCUT2D eigenvalue weighted by atomic mass is 19.4. The molecule has 0 aliphatic carbocycles. The van der Waals surface area contributed by atoms with Crippen molar-refractivity contribution in [1.82, 2.24) is 9.80 Å². The highest BCUT2D eigenvalue weighted by molar-refractivity contribution is 6.01. The predicted octanol–water partition coefficient (Wildman–Crippen LogP) is 3.33. The number of benzene rings is 2. The molecular formula is C22H22F3N3O4. The van der Waals surface area contributed by atoms with Crippen LogP contribution in [0.5, 0.6) is 11.5 Å². The monoisotopic (exact) mass is 449 g/mol. The molecule has 3 N–H and O–H groups in total. The number of fused-ring (bicyclic) bond motifs is 1. The minimum atomic E-state index is -4.89. The zero-order chi connectivity index (χ0) is 23.6. The summed E-state index contributed by atoms with van der Waals surface area (Å²) in [7, 11) is 3.73. The molecule has 0 spiro atoms. The number of phenolic OH excluding ortho intramolecular Hbond substituents is 2. The van der Waals surface area contributed by atoms with Crippen LogP contribution in [0.2, 0.25) is 0 Å². The lowest BCUT2D eigenvalue weighted by Crippen LogP contribution is -2.26. The molecule has 0 atom stereocenters. The van der Waals surface area contributed by atoms with Crippen LogP contribution >= 0.6 is 0 Å². The van der Waals surface area contributed by atoms with Crippen molar-refractivity contribution < 1.29 is 33.0 Å². The van der Waals surface area contributed by atoms with E-state index in [0.717, 1.165) is 5.56 Å². The molecule has 32 heavy (non-hydrogen) atoms. The molecule has 1 aliphatic rings. The van der Waals surface area contributed by atoms with Crippen LogP contribution in [0, 0.1) is 0 Å². The van der Waals surface area contributed by atoms with Crippen LogP contribution in [0.3, 0.4) is 0 Å². The maximum Gasteiger partial charge on any atom is 0.419 e. The van der Waals surface area contributed by atoms with Gasteiger partial charge in [0, 0.05) is 43.0 Å². The van der Waals surface area contributed by atoms with Crippen molar-refractivity contribution in [3.63, 3.8) is 0 Å². The summed E-state index contributed by atoms with van der Waals surface area (Å²) in [5, 5.41) is 22.2. The molecule has 0 bridgehead atoms. The van der Waals surface area contributed by atoms with Gasteiger partial charge in [-0.1, -0.05) is 18.2 Å². The number of rotatable bonds is 5. The van der Waals surface area contributed by atoms with Crippen molar-refractivity contribution in [3.8, 4) is 11.5 Å². The second-order valence-electron chi connectivity index (χ2n) is 7.64. The molecular weight excluding hydrogens is 427 g/mol. The molecule has 2 amide bonds. The Bertz CT molecular complexity index is 1080. The lowest BCUT2D eigenvalue weighted by atomic mass is 10.1. The van der Waals surface area contributed by atoms with Crippen molar-refractivity contribution in [3.05, 3.63) is 64.7 Å². The van der Waals surface area contributed by atoms with E-state index in [2.05, 4.69) is 5.32 Å². The molecule has 0 aromatic heterocycles. The number of nitrogens with zero attached hydrogens (tertiary/aromatic N) is 2. The summed E-state index contributed by atoms with van der Waals surface area (Å²) >= 11 is 0. The number of likely N-dealkylation sites (N-methyl/N-ethyl adjacent to an activating group) is 1. The van der Waals surface area contributed by atoms with Crippen LogP contribution in [-0.2, 0) is 24.1 Å². The summed E-state index contributed by atoms with van der Waals surface area (Å²) < 4.78 is 39.3. The van der Waals surface area contributed by atoms with Gasteiger partial charge < -0.3 is 25.3 Å². The minimum absolute atomic E-state index is 0.0354. The summed E-state index contributed by atoms with van der Waals surface area (Å²) in [6.45, 7) is 0.711. The van der Waals surface area contributed by atoms with Gasteiger partial charge in [0.25, 0.3) is 5.91 Å². The van der Waals surface area contributed by atoms with Gasteiger partial charge in [-0.25, -0.2) is 0 Å². The first-order valence-corrected chi connectivity index (χ1v) is 9.63. The molecule has 3 rings (SSSR count). The third-order valence-corrected chi connectivity index (χ3v) is 4.92. The van der Waals surface area contributed by atoms with Crippen molar-refractivity contribution in [1.29, 1.82) is 0 Å². The summed E-state index contributed by atoms with van der Waals surface area (Å²) in [6, 6.07) is 6.06. The molecule has 0 radical (unpaired) electrons. The van der Waals surface area contributed by atoms with Gasteiger partial charge in [0.1, 0.15) is 11.5 Å². The number of amides is 2. The number of hydrogen-bond donors (Lipinski definition) is 3. The van der Waals surface area contributed by atoms with Crippen molar-refractivity contribution in [2.45, 2.75) is 19.3 Å². The zero-order valence-corrected chi connectivity index (χ0v) is 17.4. The largest absolute Gasteiger partial charge is 0.507 e. The van der Waals surface area contributed by atoms with Crippen molar-refractivity contribution >= 4 is 17.5 Å². The molecule has 1 aliphatic heterocycles. The Labute approximate surface area is 182 Å². The van der Waals surface area contributed by atoms with E-state index in [9.17, 15) is 33.0 Å². The Morgan fingerprint density at radius 3 is 2.53 bits per heavy atom. The second-order valence-corrected chi connectivity index (χ2v) is 7.64. The Morgan fingerprint density at radius 2 is 1.88 bits per heavy atom. The SMILES string of the molecule is CN(C)C/C=C/C(=O)Nc1cccc2c1CN(C(=O)c1cc(C(F)(F)F)c(O)cc1O)C2. The smallest absolute Gasteiger partial charge is 0.419 e. The average Bonchev–Trinajstić information content (AvgIpc) is 3.11. The van der Waals surface area contributed by atoms with Crippen molar-refractivity contribution in [2.75, 3.05) is 26.0 Å². The third-order valence-electron chi connectivity index (χ3n) is 4.92. The summed E-state index contributed by atoms with van der Waals surface area (Å²) in [4.78, 5) is 28.2. The number of aromatic hydroxyl groups is 2. The Morgan fingerprint density at radius 1 is 1.16 bits per heavy atom. The van der Waals surface area contributed by atoms with E-state index >= 15 is 0 Å². The number of halogens is 3. The molecule has 0 saturated carbocycles. The standard InChI is InChI=1S/C22H22F3N3O4/c1-27(2)8-4-7-20(31)26-17-6-3-5-13-11-28(12-15(13)17)21(32)14-9-16(22(23,24)25)19(30)10-18(14)29/h3-7,9-10,29-30H,8,11-12H2,1-2H3,(H,26,31)/b7-4+. The van der Waals surface area contributed by atoms with Crippen LogP contribution in [0.1, 0.15) is 27.0 Å². The number of nitrogens with one attached hydrogen (secondary N) is 1. The highest BCUT2D eigenvalue weighted by Crippen LogP contribution is 2.40. The lowest BCUT2D eigenvalue weighted by Gasteiger charge is -2.18. The van der Waals surface area contributed by atoms with Crippen LogP contribution in [0.15, 0.2) is 42.5 Å². The van der Waals surface area contributed by atoms with E-state index in [-0.39, 0.29) is 19.0 Å². The maximum absolute atomic E-state index is 13.1. The van der Waals surface area contributed by atoms with Gasteiger partial charge in [-0.15, -0.1) is 0 Å². The Kier molecular flexibility index (Phi) is 6.45. The van der Waals surface area contributed by atoms with E-state index in [1.807, 2.05) is 19.0 Å². The quantitative estimate of drug-likeness (QED) is 0.609. The molecule has 0 saturated heterocycles. The minimum Gasteiger partial charge on any atom is -0.507 e. The number of carbonyl (C=O) groups is 2. The van der Waals surface area contributed by atoms with Gasteiger partial charge in [-0.2, -0.15) is 13.2 Å². The summed E-state index contributed by atoms with van der Waals surface area (Å²) in [6.07, 6.45) is -1.80. The first-order valence-electron chi connectivity index (χ1n) is 9.63. The van der Waals surface area contributed by atoms with E-state index in [1.165, 1.54) is 11.0 Å². The molecule has 2 aromatic rings.